The van der Waals surface area contributed by atoms with Crippen molar-refractivity contribution in [1.82, 2.24) is 14.8 Å². The number of benzene rings is 2. The summed E-state index contributed by atoms with van der Waals surface area (Å²) in [6.45, 7) is 4.25. The molecule has 1 aromatic heterocycles. The summed E-state index contributed by atoms with van der Waals surface area (Å²) >= 11 is 0. The summed E-state index contributed by atoms with van der Waals surface area (Å²) < 4.78 is 10.5. The monoisotopic (exact) mass is 407 g/mol. The lowest BCUT2D eigenvalue weighted by molar-refractivity contribution is 0.0594. The van der Waals surface area contributed by atoms with E-state index in [9.17, 15) is 9.59 Å². The van der Waals surface area contributed by atoms with E-state index in [0.717, 1.165) is 30.5 Å². The van der Waals surface area contributed by atoms with Gasteiger partial charge in [0.15, 0.2) is 0 Å². The summed E-state index contributed by atoms with van der Waals surface area (Å²) in [7, 11) is 1.36. The van der Waals surface area contributed by atoms with Crippen LogP contribution in [0, 0.1) is 0 Å². The smallest absolute Gasteiger partial charge is 0.337 e. The lowest BCUT2D eigenvalue weighted by Crippen LogP contribution is -2.49. The van der Waals surface area contributed by atoms with E-state index in [1.54, 1.807) is 18.2 Å². The van der Waals surface area contributed by atoms with Gasteiger partial charge in [-0.25, -0.2) is 4.79 Å². The number of fused-ring (bicyclic) bond motifs is 1. The zero-order chi connectivity index (χ0) is 20.9. The molecule has 1 saturated heterocycles. The van der Waals surface area contributed by atoms with Crippen LogP contribution in [0.2, 0.25) is 0 Å². The number of para-hydroxylation sites is 1. The molecule has 0 radical (unpaired) electrons. The lowest BCUT2D eigenvalue weighted by Gasteiger charge is -2.34. The number of nitrogens with zero attached hydrogens (tertiary/aromatic N) is 2. The van der Waals surface area contributed by atoms with Crippen LogP contribution in [0.3, 0.4) is 0 Å². The first-order valence-electron chi connectivity index (χ1n) is 10.0. The van der Waals surface area contributed by atoms with Gasteiger partial charge in [-0.2, -0.15) is 0 Å². The Balaban J connectivity index is 1.25. The van der Waals surface area contributed by atoms with Crippen LogP contribution in [0.4, 0.5) is 0 Å². The van der Waals surface area contributed by atoms with E-state index in [4.69, 9.17) is 9.47 Å². The first kappa shape index (κ1) is 20.0. The molecule has 1 N–H and O–H groups in total. The van der Waals surface area contributed by atoms with E-state index in [1.807, 2.05) is 41.3 Å². The van der Waals surface area contributed by atoms with E-state index >= 15 is 0 Å². The Hall–Kier alpha value is -3.32. The standard InChI is InChI=1S/C23H25N3O4/c1-29-23(28)18-6-4-7-19(15-18)30-14-13-25-9-11-26(12-10-25)22(27)21-16-17-5-2-3-8-20(17)24-21/h2-8,15-16,24H,9-14H2,1H3. The summed E-state index contributed by atoms with van der Waals surface area (Å²) in [6, 6.07) is 16.8. The van der Waals surface area contributed by atoms with Crippen molar-refractivity contribution in [3.63, 3.8) is 0 Å². The molecule has 0 spiro atoms. The predicted molar refractivity (Wildman–Crippen MR) is 114 cm³/mol. The van der Waals surface area contributed by atoms with E-state index in [0.29, 0.717) is 36.7 Å². The molecule has 156 valence electrons. The van der Waals surface area contributed by atoms with Gasteiger partial charge >= 0.3 is 5.97 Å². The summed E-state index contributed by atoms with van der Waals surface area (Å²) in [4.78, 5) is 31.8. The average molecular weight is 407 g/mol. The second-order valence-electron chi connectivity index (χ2n) is 7.27. The van der Waals surface area contributed by atoms with Gasteiger partial charge in [0.25, 0.3) is 5.91 Å². The molecule has 1 amide bonds. The van der Waals surface area contributed by atoms with Gasteiger partial charge in [0.2, 0.25) is 0 Å². The number of rotatable bonds is 6. The van der Waals surface area contributed by atoms with Gasteiger partial charge in [-0.15, -0.1) is 0 Å². The molecule has 0 bridgehead atoms. The van der Waals surface area contributed by atoms with Crippen LogP contribution in [0.25, 0.3) is 10.9 Å². The van der Waals surface area contributed by atoms with E-state index in [2.05, 4.69) is 9.88 Å². The van der Waals surface area contributed by atoms with Crippen molar-refractivity contribution in [2.45, 2.75) is 0 Å². The number of methoxy groups -OCH3 is 1. The number of aromatic amines is 1. The Morgan fingerprint density at radius 3 is 2.57 bits per heavy atom. The molecule has 7 heteroatoms. The molecule has 1 aliphatic rings. The zero-order valence-corrected chi connectivity index (χ0v) is 17.0. The SMILES string of the molecule is COC(=O)c1cccc(OCCN2CCN(C(=O)c3cc4ccccc4[nH]3)CC2)c1. The normalized spacial score (nSPS) is 14.6. The number of amides is 1. The molecule has 1 fully saturated rings. The van der Waals surface area contributed by atoms with Crippen LogP contribution in [0.5, 0.6) is 5.75 Å². The fourth-order valence-electron chi connectivity index (χ4n) is 3.66. The second-order valence-corrected chi connectivity index (χ2v) is 7.27. The van der Waals surface area contributed by atoms with Crippen LogP contribution in [-0.2, 0) is 4.74 Å². The minimum absolute atomic E-state index is 0.0433. The van der Waals surface area contributed by atoms with Crippen LogP contribution >= 0.6 is 0 Å². The number of carbonyl (C=O) groups is 2. The third-order valence-corrected chi connectivity index (χ3v) is 5.35. The predicted octanol–water partition coefficient (Wildman–Crippen LogP) is 2.79. The van der Waals surface area contributed by atoms with Crippen molar-refractivity contribution in [1.29, 1.82) is 0 Å². The van der Waals surface area contributed by atoms with Crippen LogP contribution < -0.4 is 4.74 Å². The molecular formula is C23H25N3O4. The maximum atomic E-state index is 12.8. The van der Waals surface area contributed by atoms with Gasteiger partial charge in [-0.3, -0.25) is 9.69 Å². The Bertz CT molecular complexity index is 1000. The summed E-state index contributed by atoms with van der Waals surface area (Å²) in [5.74, 6) is 0.309. The van der Waals surface area contributed by atoms with Crippen LogP contribution in [-0.4, -0.2) is 73.1 Å². The molecule has 0 aliphatic carbocycles. The van der Waals surface area contributed by atoms with Crippen molar-refractivity contribution < 1.29 is 19.1 Å². The molecule has 3 aromatic rings. The molecule has 0 unspecified atom stereocenters. The van der Waals surface area contributed by atoms with E-state index < -0.39 is 0 Å². The highest BCUT2D eigenvalue weighted by molar-refractivity contribution is 5.98. The van der Waals surface area contributed by atoms with Gasteiger partial charge in [-0.1, -0.05) is 24.3 Å². The number of carbonyl (C=O) groups excluding carboxylic acids is 2. The van der Waals surface area contributed by atoms with E-state index in [1.165, 1.54) is 7.11 Å². The molecule has 0 saturated carbocycles. The number of esters is 1. The third-order valence-electron chi connectivity index (χ3n) is 5.35. The lowest BCUT2D eigenvalue weighted by atomic mass is 10.2. The van der Waals surface area contributed by atoms with Crippen molar-refractivity contribution in [3.8, 4) is 5.75 Å². The number of piperazine rings is 1. The highest BCUT2D eigenvalue weighted by Crippen LogP contribution is 2.17. The number of aromatic nitrogens is 1. The molecule has 2 aromatic carbocycles. The summed E-state index contributed by atoms with van der Waals surface area (Å²) in [5, 5.41) is 1.05. The second kappa shape index (κ2) is 9.00. The minimum Gasteiger partial charge on any atom is -0.492 e. The molecule has 0 atom stereocenters. The zero-order valence-electron chi connectivity index (χ0n) is 17.0. The number of hydrogen-bond acceptors (Lipinski definition) is 5. The Kier molecular flexibility index (Phi) is 5.99. The first-order chi connectivity index (χ1) is 14.6. The maximum Gasteiger partial charge on any atom is 0.337 e. The quantitative estimate of drug-likeness (QED) is 0.636. The van der Waals surface area contributed by atoms with Crippen molar-refractivity contribution >= 4 is 22.8 Å². The summed E-state index contributed by atoms with van der Waals surface area (Å²) in [6.07, 6.45) is 0. The van der Waals surface area contributed by atoms with Gasteiger partial charge in [0.1, 0.15) is 18.1 Å². The molecule has 4 rings (SSSR count). The Morgan fingerprint density at radius 2 is 1.80 bits per heavy atom. The molecule has 7 nitrogen and oxygen atoms in total. The van der Waals surface area contributed by atoms with Crippen molar-refractivity contribution in [3.05, 3.63) is 65.9 Å². The maximum absolute atomic E-state index is 12.8. The largest absolute Gasteiger partial charge is 0.492 e. The van der Waals surface area contributed by atoms with Crippen molar-refractivity contribution in [2.24, 2.45) is 0 Å². The molecule has 1 aliphatic heterocycles. The van der Waals surface area contributed by atoms with Crippen LogP contribution in [0.15, 0.2) is 54.6 Å². The average Bonchev–Trinajstić information content (AvgIpc) is 3.23. The number of ether oxygens (including phenoxy) is 2. The van der Waals surface area contributed by atoms with Gasteiger partial charge in [0.05, 0.1) is 12.7 Å². The number of H-pyrrole nitrogens is 1. The van der Waals surface area contributed by atoms with Crippen LogP contribution in [0.1, 0.15) is 20.8 Å². The molecule has 2 heterocycles. The van der Waals surface area contributed by atoms with Crippen molar-refractivity contribution in [2.75, 3.05) is 46.4 Å². The van der Waals surface area contributed by atoms with Gasteiger partial charge in [-0.05, 0) is 30.3 Å². The van der Waals surface area contributed by atoms with Gasteiger partial charge in [0, 0.05) is 43.6 Å². The summed E-state index contributed by atoms with van der Waals surface area (Å²) in [5.41, 5.74) is 2.09. The molecular weight excluding hydrogens is 382 g/mol. The first-order valence-corrected chi connectivity index (χ1v) is 10.0. The fourth-order valence-corrected chi connectivity index (χ4v) is 3.66. The number of hydrogen-bond donors (Lipinski definition) is 1. The fraction of sp³-hybridized carbons (Fsp3) is 0.304. The highest BCUT2D eigenvalue weighted by Gasteiger charge is 2.23. The third kappa shape index (κ3) is 4.46. The van der Waals surface area contributed by atoms with Gasteiger partial charge < -0.3 is 19.4 Å². The molecule has 30 heavy (non-hydrogen) atoms. The van der Waals surface area contributed by atoms with E-state index in [-0.39, 0.29) is 11.9 Å². The topological polar surface area (TPSA) is 74.9 Å². The Labute approximate surface area is 175 Å². The number of nitrogens with one attached hydrogen (secondary N) is 1. The Morgan fingerprint density at radius 1 is 1.00 bits per heavy atom. The minimum atomic E-state index is -0.379. The highest BCUT2D eigenvalue weighted by atomic mass is 16.5.